The van der Waals surface area contributed by atoms with E-state index in [4.69, 9.17) is 11.6 Å². The Hall–Kier alpha value is -0.920. The smallest absolute Gasteiger partial charge is 0.243 e. The summed E-state index contributed by atoms with van der Waals surface area (Å²) in [6.07, 6.45) is 3.21. The maximum atomic E-state index is 13.0. The third kappa shape index (κ3) is 3.64. The number of hydrogen-bond acceptors (Lipinski definition) is 3. The number of benzene rings is 1. The molecule has 0 spiro atoms. The molecular weight excluding hydrogens is 376 g/mol. The zero-order valence-electron chi connectivity index (χ0n) is 14.0. The van der Waals surface area contributed by atoms with Gasteiger partial charge in [-0.05, 0) is 54.7 Å². The Morgan fingerprint density at radius 3 is 2.56 bits per heavy atom. The fraction of sp³-hybridized carbons (Fsp3) is 0.444. The van der Waals surface area contributed by atoms with Crippen molar-refractivity contribution < 1.29 is 13.3 Å². The zero-order chi connectivity index (χ0) is 17.4. The van der Waals surface area contributed by atoms with Crippen LogP contribution < -0.4 is 4.90 Å². The molecule has 134 valence electrons. The molecule has 7 heteroatoms. The third-order valence-corrected chi connectivity index (χ3v) is 8.32. The number of hydrogen-bond donors (Lipinski definition) is 1. The number of rotatable bonds is 4. The van der Waals surface area contributed by atoms with Crippen molar-refractivity contribution in [3.8, 4) is 0 Å². The van der Waals surface area contributed by atoms with Crippen LogP contribution >= 0.6 is 22.9 Å². The van der Waals surface area contributed by atoms with Gasteiger partial charge in [0.2, 0.25) is 10.0 Å². The molecule has 1 aliphatic heterocycles. The summed E-state index contributed by atoms with van der Waals surface area (Å²) in [5.74, 6) is 0. The van der Waals surface area contributed by atoms with Crippen molar-refractivity contribution in [2.24, 2.45) is 0 Å². The molecule has 2 aromatic rings. The summed E-state index contributed by atoms with van der Waals surface area (Å²) in [5.41, 5.74) is 2.52. The first-order valence-corrected chi connectivity index (χ1v) is 11.4. The van der Waals surface area contributed by atoms with Crippen LogP contribution in [0.15, 0.2) is 35.2 Å². The summed E-state index contributed by atoms with van der Waals surface area (Å²) in [5, 5.41) is 0. The number of nitrogens with zero attached hydrogens (tertiary/aromatic N) is 1. The lowest BCUT2D eigenvalue weighted by atomic mass is 10.1. The lowest BCUT2D eigenvalue weighted by molar-refractivity contribution is -0.917. The normalized spacial score (nSPS) is 19.2. The summed E-state index contributed by atoms with van der Waals surface area (Å²) >= 11 is 7.60. The molecule has 2 aliphatic rings. The highest BCUT2D eigenvalue weighted by Gasteiger charge is 2.31. The Bertz CT molecular complexity index is 871. The van der Waals surface area contributed by atoms with Gasteiger partial charge in [0, 0.05) is 0 Å². The topological polar surface area (TPSA) is 41.8 Å². The SMILES string of the molecule is O=S(=O)(c1ccc2c(c1)CCC2)N1CC[NH+](Cc2ccc(Cl)s2)CC1. The number of nitrogens with one attached hydrogen (secondary N) is 1. The molecule has 4 rings (SSSR count). The molecule has 4 nitrogen and oxygen atoms in total. The van der Waals surface area contributed by atoms with E-state index in [9.17, 15) is 8.42 Å². The average Bonchev–Trinajstić information content (AvgIpc) is 3.23. The minimum atomic E-state index is -3.37. The molecule has 1 aliphatic carbocycles. The van der Waals surface area contributed by atoms with Crippen LogP contribution in [0.1, 0.15) is 22.4 Å². The fourth-order valence-electron chi connectivity index (χ4n) is 3.77. The molecule has 0 bridgehead atoms. The summed E-state index contributed by atoms with van der Waals surface area (Å²) < 4.78 is 28.4. The number of piperazine rings is 1. The van der Waals surface area contributed by atoms with Crippen LogP contribution in [0, 0.1) is 0 Å². The van der Waals surface area contributed by atoms with Gasteiger partial charge < -0.3 is 4.90 Å². The van der Waals surface area contributed by atoms with Crippen molar-refractivity contribution in [2.75, 3.05) is 26.2 Å². The summed E-state index contributed by atoms with van der Waals surface area (Å²) in [7, 11) is -3.37. The summed E-state index contributed by atoms with van der Waals surface area (Å²) in [4.78, 5) is 3.13. The number of aryl methyl sites for hydroxylation is 2. The van der Waals surface area contributed by atoms with Gasteiger partial charge in [-0.15, -0.1) is 11.3 Å². The van der Waals surface area contributed by atoms with Crippen LogP contribution in [0.25, 0.3) is 0 Å². The fourth-order valence-corrected chi connectivity index (χ4v) is 6.42. The van der Waals surface area contributed by atoms with Gasteiger partial charge in [-0.3, -0.25) is 0 Å². The van der Waals surface area contributed by atoms with Gasteiger partial charge in [-0.25, -0.2) is 8.42 Å². The Morgan fingerprint density at radius 1 is 1.08 bits per heavy atom. The maximum absolute atomic E-state index is 13.0. The first-order chi connectivity index (χ1) is 12.0. The van der Waals surface area contributed by atoms with Crippen molar-refractivity contribution in [3.63, 3.8) is 0 Å². The highest BCUT2D eigenvalue weighted by molar-refractivity contribution is 7.89. The number of thiophene rings is 1. The average molecular weight is 398 g/mol. The van der Waals surface area contributed by atoms with Crippen LogP contribution in [-0.2, 0) is 29.4 Å². The zero-order valence-corrected chi connectivity index (χ0v) is 16.4. The Morgan fingerprint density at radius 2 is 1.84 bits per heavy atom. The van der Waals surface area contributed by atoms with Crippen molar-refractivity contribution >= 4 is 33.0 Å². The lowest BCUT2D eigenvalue weighted by Gasteiger charge is -2.31. The number of halogens is 1. The molecular formula is C18H22ClN2O2S2+. The first kappa shape index (κ1) is 17.5. The molecule has 0 radical (unpaired) electrons. The van der Waals surface area contributed by atoms with Crippen LogP contribution in [0.5, 0.6) is 0 Å². The third-order valence-electron chi connectivity index (χ3n) is 5.19. The Kier molecular flexibility index (Phi) is 4.90. The van der Waals surface area contributed by atoms with Gasteiger partial charge in [-0.2, -0.15) is 4.31 Å². The molecule has 0 atom stereocenters. The molecule has 2 heterocycles. The van der Waals surface area contributed by atoms with Crippen molar-refractivity contribution in [1.29, 1.82) is 0 Å². The molecule has 1 saturated heterocycles. The summed E-state index contributed by atoms with van der Waals surface area (Å²) in [6.45, 7) is 3.74. The van der Waals surface area contributed by atoms with Gasteiger partial charge in [-0.1, -0.05) is 17.7 Å². The van der Waals surface area contributed by atoms with E-state index < -0.39 is 10.0 Å². The van der Waals surface area contributed by atoms with Gasteiger partial charge in [0.25, 0.3) is 0 Å². The van der Waals surface area contributed by atoms with Crippen molar-refractivity contribution in [1.82, 2.24) is 4.31 Å². The second kappa shape index (κ2) is 7.00. The Labute approximate surface area is 158 Å². The molecule has 1 fully saturated rings. The summed E-state index contributed by atoms with van der Waals surface area (Å²) in [6, 6.07) is 9.66. The van der Waals surface area contributed by atoms with Gasteiger partial charge in [0.05, 0.1) is 40.3 Å². The molecule has 1 N–H and O–H groups in total. The van der Waals surface area contributed by atoms with E-state index >= 15 is 0 Å². The lowest BCUT2D eigenvalue weighted by Crippen LogP contribution is -3.13. The first-order valence-electron chi connectivity index (χ1n) is 8.72. The maximum Gasteiger partial charge on any atom is 0.243 e. The highest BCUT2D eigenvalue weighted by Crippen LogP contribution is 2.26. The largest absolute Gasteiger partial charge is 0.328 e. The Balaban J connectivity index is 1.42. The van der Waals surface area contributed by atoms with E-state index in [0.29, 0.717) is 18.0 Å². The molecule has 0 amide bonds. The van der Waals surface area contributed by atoms with Crippen molar-refractivity contribution in [3.05, 3.63) is 50.7 Å². The number of quaternary nitrogens is 1. The molecule has 0 saturated carbocycles. The molecule has 25 heavy (non-hydrogen) atoms. The van der Waals surface area contributed by atoms with Crippen molar-refractivity contribution in [2.45, 2.75) is 30.7 Å². The van der Waals surface area contributed by atoms with Crippen LogP contribution in [-0.4, -0.2) is 38.9 Å². The van der Waals surface area contributed by atoms with Gasteiger partial charge >= 0.3 is 0 Å². The second-order valence-electron chi connectivity index (χ2n) is 6.82. The van der Waals surface area contributed by atoms with E-state index in [-0.39, 0.29) is 0 Å². The van der Waals surface area contributed by atoms with Crippen LogP contribution in [0.4, 0.5) is 0 Å². The van der Waals surface area contributed by atoms with Gasteiger partial charge in [0.1, 0.15) is 6.54 Å². The van der Waals surface area contributed by atoms with E-state index in [2.05, 4.69) is 6.07 Å². The monoisotopic (exact) mass is 397 g/mol. The molecule has 1 aromatic carbocycles. The minimum Gasteiger partial charge on any atom is -0.328 e. The number of sulfonamides is 1. The van der Waals surface area contributed by atoms with Crippen LogP contribution in [0.3, 0.4) is 0 Å². The van der Waals surface area contributed by atoms with E-state index in [1.165, 1.54) is 20.9 Å². The van der Waals surface area contributed by atoms with E-state index in [1.807, 2.05) is 18.2 Å². The van der Waals surface area contributed by atoms with Gasteiger partial charge in [0.15, 0.2) is 0 Å². The number of fused-ring (bicyclic) bond motifs is 1. The standard InChI is InChI=1S/C18H21ClN2O2S2/c19-18-7-5-16(24-18)13-20-8-10-21(11-9-20)25(22,23)17-6-4-14-2-1-3-15(14)12-17/h4-7,12H,1-3,8-11,13H2/p+1. The van der Waals surface area contributed by atoms with E-state index in [0.717, 1.165) is 43.2 Å². The minimum absolute atomic E-state index is 0.460. The predicted molar refractivity (Wildman–Crippen MR) is 101 cm³/mol. The van der Waals surface area contributed by atoms with Crippen LogP contribution in [0.2, 0.25) is 4.34 Å². The molecule has 1 aromatic heterocycles. The van der Waals surface area contributed by atoms with E-state index in [1.54, 1.807) is 21.7 Å². The molecule has 0 unspecified atom stereocenters. The second-order valence-corrected chi connectivity index (χ2v) is 10.6. The quantitative estimate of drug-likeness (QED) is 0.857. The predicted octanol–water partition coefficient (Wildman–Crippen LogP) is 1.98. The highest BCUT2D eigenvalue weighted by atomic mass is 35.5.